The number of phenolic OH excluding ortho intramolecular Hbond substituents is 1. The first kappa shape index (κ1) is 9.19. The van der Waals surface area contributed by atoms with E-state index in [0.717, 1.165) is 25.9 Å². The Labute approximate surface area is 92.6 Å². The van der Waals surface area contributed by atoms with Gasteiger partial charge in [-0.25, -0.2) is 0 Å². The van der Waals surface area contributed by atoms with Crippen LogP contribution in [0.3, 0.4) is 0 Å². The summed E-state index contributed by atoms with van der Waals surface area (Å²) in [5.74, 6) is 0.375. The van der Waals surface area contributed by atoms with Crippen molar-refractivity contribution in [3.05, 3.63) is 28.6 Å². The van der Waals surface area contributed by atoms with Crippen molar-refractivity contribution in [3.63, 3.8) is 0 Å². The van der Waals surface area contributed by atoms with Gasteiger partial charge in [-0.15, -0.1) is 11.3 Å². The summed E-state index contributed by atoms with van der Waals surface area (Å²) < 4.78 is 1.31. The van der Waals surface area contributed by atoms with Crippen LogP contribution in [0.25, 0.3) is 10.1 Å². The second-order valence-electron chi connectivity index (χ2n) is 3.93. The van der Waals surface area contributed by atoms with E-state index < -0.39 is 0 Å². The van der Waals surface area contributed by atoms with Crippen LogP contribution in [0.4, 0.5) is 0 Å². The van der Waals surface area contributed by atoms with Crippen LogP contribution in [0, 0.1) is 0 Å². The number of hydrogen-bond donors (Lipinski definition) is 2. The van der Waals surface area contributed by atoms with Crippen LogP contribution < -0.4 is 5.32 Å². The molecule has 2 aromatic rings. The van der Waals surface area contributed by atoms with Crippen molar-refractivity contribution in [1.29, 1.82) is 0 Å². The Morgan fingerprint density at radius 3 is 3.00 bits per heavy atom. The van der Waals surface area contributed by atoms with Crippen LogP contribution >= 0.6 is 11.3 Å². The number of thiophene rings is 1. The SMILES string of the molecule is Oc1ccc2sc3c(c2c1)CCNCC3. The monoisotopic (exact) mass is 219 g/mol. The molecule has 2 N–H and O–H groups in total. The Kier molecular flexibility index (Phi) is 2.15. The van der Waals surface area contributed by atoms with E-state index in [2.05, 4.69) is 5.32 Å². The summed E-state index contributed by atoms with van der Waals surface area (Å²) in [6.45, 7) is 2.13. The zero-order valence-electron chi connectivity index (χ0n) is 8.42. The molecule has 1 aromatic carbocycles. The Bertz CT molecular complexity index is 504. The van der Waals surface area contributed by atoms with Crippen molar-refractivity contribution < 1.29 is 5.11 Å². The number of nitrogens with one attached hydrogen (secondary N) is 1. The number of rotatable bonds is 0. The maximum absolute atomic E-state index is 9.51. The fourth-order valence-corrected chi connectivity index (χ4v) is 3.44. The third-order valence-electron chi connectivity index (χ3n) is 2.94. The molecule has 0 amide bonds. The largest absolute Gasteiger partial charge is 0.508 e. The molecule has 0 spiro atoms. The van der Waals surface area contributed by atoms with Crippen LogP contribution in [0.1, 0.15) is 10.4 Å². The molecule has 3 rings (SSSR count). The van der Waals surface area contributed by atoms with E-state index in [-0.39, 0.29) is 0 Å². The highest BCUT2D eigenvalue weighted by atomic mass is 32.1. The first-order valence-corrected chi connectivity index (χ1v) is 6.10. The minimum atomic E-state index is 0.375. The minimum absolute atomic E-state index is 0.375. The molecular formula is C12H13NOS. The molecule has 0 bridgehead atoms. The number of phenols is 1. The quantitative estimate of drug-likeness (QED) is 0.712. The smallest absolute Gasteiger partial charge is 0.116 e. The Morgan fingerprint density at radius 2 is 2.07 bits per heavy atom. The summed E-state index contributed by atoms with van der Waals surface area (Å²) in [6, 6.07) is 5.70. The second-order valence-corrected chi connectivity index (χ2v) is 5.07. The maximum Gasteiger partial charge on any atom is 0.116 e. The van der Waals surface area contributed by atoms with Gasteiger partial charge in [0.05, 0.1) is 0 Å². The molecule has 0 fully saturated rings. The van der Waals surface area contributed by atoms with Gasteiger partial charge in [-0.1, -0.05) is 0 Å². The minimum Gasteiger partial charge on any atom is -0.508 e. The van der Waals surface area contributed by atoms with Gasteiger partial charge in [0.25, 0.3) is 0 Å². The summed E-state index contributed by atoms with van der Waals surface area (Å²) in [4.78, 5) is 1.49. The topological polar surface area (TPSA) is 32.3 Å². The van der Waals surface area contributed by atoms with Gasteiger partial charge < -0.3 is 10.4 Å². The molecule has 0 saturated heterocycles. The summed E-state index contributed by atoms with van der Waals surface area (Å²) >= 11 is 1.87. The fraction of sp³-hybridized carbons (Fsp3) is 0.333. The highest BCUT2D eigenvalue weighted by Gasteiger charge is 2.14. The number of hydrogen-bond acceptors (Lipinski definition) is 3. The number of benzene rings is 1. The molecule has 2 heterocycles. The van der Waals surface area contributed by atoms with Gasteiger partial charge in [-0.2, -0.15) is 0 Å². The van der Waals surface area contributed by atoms with Crippen molar-refractivity contribution in [2.45, 2.75) is 12.8 Å². The van der Waals surface area contributed by atoms with E-state index in [1.54, 1.807) is 6.07 Å². The lowest BCUT2D eigenvalue weighted by atomic mass is 10.1. The standard InChI is InChI=1S/C12H13NOS/c14-8-1-2-11-10(7-8)9-3-5-13-6-4-12(9)15-11/h1-2,7,13-14H,3-6H2. The molecular weight excluding hydrogens is 206 g/mol. The van der Waals surface area contributed by atoms with E-state index in [1.165, 1.54) is 20.5 Å². The van der Waals surface area contributed by atoms with Gasteiger partial charge in [0.2, 0.25) is 0 Å². The normalized spacial score (nSPS) is 16.3. The molecule has 1 aliphatic rings. The fourth-order valence-electron chi connectivity index (χ4n) is 2.20. The zero-order valence-corrected chi connectivity index (χ0v) is 9.23. The van der Waals surface area contributed by atoms with E-state index >= 15 is 0 Å². The predicted octanol–water partition coefficient (Wildman–Crippen LogP) is 2.30. The molecule has 78 valence electrons. The molecule has 1 aromatic heterocycles. The summed E-state index contributed by atoms with van der Waals surface area (Å²) in [7, 11) is 0. The summed E-state index contributed by atoms with van der Waals surface area (Å²) in [5.41, 5.74) is 1.44. The number of fused-ring (bicyclic) bond motifs is 3. The van der Waals surface area contributed by atoms with Crippen molar-refractivity contribution in [2.75, 3.05) is 13.1 Å². The molecule has 3 heteroatoms. The van der Waals surface area contributed by atoms with E-state index in [4.69, 9.17) is 0 Å². The van der Waals surface area contributed by atoms with E-state index in [1.807, 2.05) is 23.5 Å². The second kappa shape index (κ2) is 3.51. The lowest BCUT2D eigenvalue weighted by molar-refractivity contribution is 0.476. The average Bonchev–Trinajstić information content (AvgIpc) is 2.44. The molecule has 0 unspecified atom stereocenters. The van der Waals surface area contributed by atoms with Gasteiger partial charge in [0.15, 0.2) is 0 Å². The third kappa shape index (κ3) is 1.52. The number of aromatic hydroxyl groups is 1. The highest BCUT2D eigenvalue weighted by molar-refractivity contribution is 7.19. The lowest BCUT2D eigenvalue weighted by Crippen LogP contribution is -2.16. The van der Waals surface area contributed by atoms with Crippen molar-refractivity contribution in [1.82, 2.24) is 5.32 Å². The van der Waals surface area contributed by atoms with Gasteiger partial charge in [-0.05, 0) is 55.1 Å². The molecule has 0 radical (unpaired) electrons. The summed E-state index contributed by atoms with van der Waals surface area (Å²) in [6.07, 6.45) is 2.20. The molecule has 0 aliphatic carbocycles. The Hall–Kier alpha value is -1.06. The van der Waals surface area contributed by atoms with E-state index in [0.29, 0.717) is 5.75 Å². The molecule has 0 atom stereocenters. The molecule has 1 aliphatic heterocycles. The highest BCUT2D eigenvalue weighted by Crippen LogP contribution is 2.34. The van der Waals surface area contributed by atoms with Gasteiger partial charge >= 0.3 is 0 Å². The Morgan fingerprint density at radius 1 is 1.20 bits per heavy atom. The maximum atomic E-state index is 9.51. The van der Waals surface area contributed by atoms with E-state index in [9.17, 15) is 5.11 Å². The van der Waals surface area contributed by atoms with Gasteiger partial charge in [0, 0.05) is 9.58 Å². The van der Waals surface area contributed by atoms with Crippen molar-refractivity contribution in [3.8, 4) is 5.75 Å². The van der Waals surface area contributed by atoms with Crippen molar-refractivity contribution in [2.24, 2.45) is 0 Å². The van der Waals surface area contributed by atoms with Gasteiger partial charge in [-0.3, -0.25) is 0 Å². The Balaban J connectivity index is 2.24. The third-order valence-corrected chi connectivity index (χ3v) is 4.21. The van der Waals surface area contributed by atoms with Crippen molar-refractivity contribution >= 4 is 21.4 Å². The van der Waals surface area contributed by atoms with Gasteiger partial charge in [0.1, 0.15) is 5.75 Å². The predicted molar refractivity (Wildman–Crippen MR) is 63.8 cm³/mol. The first-order valence-electron chi connectivity index (χ1n) is 5.28. The molecule has 15 heavy (non-hydrogen) atoms. The first-order chi connectivity index (χ1) is 7.34. The average molecular weight is 219 g/mol. The molecule has 0 saturated carbocycles. The zero-order chi connectivity index (χ0) is 10.3. The van der Waals surface area contributed by atoms with Crippen LogP contribution in [0.2, 0.25) is 0 Å². The van der Waals surface area contributed by atoms with Crippen LogP contribution in [0.15, 0.2) is 18.2 Å². The van der Waals surface area contributed by atoms with Crippen LogP contribution in [-0.4, -0.2) is 18.2 Å². The summed E-state index contributed by atoms with van der Waals surface area (Å²) in [5, 5.41) is 14.2. The van der Waals surface area contributed by atoms with Crippen LogP contribution in [0.5, 0.6) is 5.75 Å². The molecule has 2 nitrogen and oxygen atoms in total. The lowest BCUT2D eigenvalue weighted by Gasteiger charge is -1.98. The van der Waals surface area contributed by atoms with Crippen LogP contribution in [-0.2, 0) is 12.8 Å².